The van der Waals surface area contributed by atoms with Crippen LogP contribution in [0, 0.1) is 0 Å². The van der Waals surface area contributed by atoms with Gasteiger partial charge < -0.3 is 15.0 Å². The molecule has 0 bridgehead atoms. The normalized spacial score (nSPS) is 10.8. The van der Waals surface area contributed by atoms with Crippen molar-refractivity contribution in [2.45, 2.75) is 26.4 Å². The Hall–Kier alpha value is -1.10. The Bertz CT molecular complexity index is 424. The predicted octanol–water partition coefficient (Wildman–Crippen LogP) is 2.31. The van der Waals surface area contributed by atoms with Crippen LogP contribution in [0.15, 0.2) is 24.3 Å². The fraction of sp³-hybridized carbons (Fsp3) is 0.533. The van der Waals surface area contributed by atoms with Crippen LogP contribution in [0.3, 0.4) is 0 Å². The summed E-state index contributed by atoms with van der Waals surface area (Å²) in [7, 11) is 1.64. The number of rotatable bonds is 8. The number of benzene rings is 1. The van der Waals surface area contributed by atoms with Gasteiger partial charge in [0, 0.05) is 31.3 Å². The average Bonchev–Trinajstić information content (AvgIpc) is 2.40. The number of carbonyl (C=O) groups is 1. The van der Waals surface area contributed by atoms with Gasteiger partial charge in [0.1, 0.15) is 0 Å². The molecule has 4 nitrogen and oxygen atoms in total. The molecule has 0 aromatic heterocycles. The number of halogens is 1. The number of ether oxygens (including phenoxy) is 1. The number of hydrogen-bond donors (Lipinski definition) is 1. The molecule has 0 heterocycles. The minimum absolute atomic E-state index is 0.0797. The molecule has 0 saturated carbocycles. The maximum atomic E-state index is 12.2. The van der Waals surface area contributed by atoms with Crippen molar-refractivity contribution in [3.63, 3.8) is 0 Å². The maximum Gasteiger partial charge on any atom is 0.237 e. The minimum Gasteiger partial charge on any atom is -0.383 e. The summed E-state index contributed by atoms with van der Waals surface area (Å²) in [6.07, 6.45) is 0. The van der Waals surface area contributed by atoms with Crippen molar-refractivity contribution in [3.05, 3.63) is 34.9 Å². The van der Waals surface area contributed by atoms with Crippen LogP contribution in [-0.4, -0.2) is 43.7 Å². The van der Waals surface area contributed by atoms with Crippen LogP contribution in [0.25, 0.3) is 0 Å². The highest BCUT2D eigenvalue weighted by Crippen LogP contribution is 2.14. The Kier molecular flexibility index (Phi) is 7.59. The molecule has 0 fully saturated rings. The molecule has 0 aliphatic heterocycles. The lowest BCUT2D eigenvalue weighted by molar-refractivity contribution is -0.132. The first-order valence-electron chi connectivity index (χ1n) is 6.78. The van der Waals surface area contributed by atoms with E-state index < -0.39 is 0 Å². The number of hydrogen-bond acceptors (Lipinski definition) is 3. The predicted molar refractivity (Wildman–Crippen MR) is 81.9 cm³/mol. The van der Waals surface area contributed by atoms with E-state index in [1.54, 1.807) is 7.11 Å². The third-order valence-electron chi connectivity index (χ3n) is 2.94. The van der Waals surface area contributed by atoms with Crippen molar-refractivity contribution in [1.29, 1.82) is 0 Å². The molecule has 1 amide bonds. The smallest absolute Gasteiger partial charge is 0.237 e. The Balaban J connectivity index is 2.57. The SMILES string of the molecule is COCCNCC(=O)N(Cc1cccc(Cl)c1)C(C)C. The van der Waals surface area contributed by atoms with Crippen LogP contribution in [0.1, 0.15) is 19.4 Å². The second-order valence-corrected chi connectivity index (χ2v) is 5.35. The molecule has 0 unspecified atom stereocenters. The Morgan fingerprint density at radius 2 is 2.20 bits per heavy atom. The highest BCUT2D eigenvalue weighted by atomic mass is 35.5. The van der Waals surface area contributed by atoms with E-state index in [1.165, 1.54) is 0 Å². The van der Waals surface area contributed by atoms with Crippen LogP contribution >= 0.6 is 11.6 Å². The summed E-state index contributed by atoms with van der Waals surface area (Å²) in [6, 6.07) is 7.75. The Morgan fingerprint density at radius 1 is 1.45 bits per heavy atom. The number of carbonyl (C=O) groups excluding carboxylic acids is 1. The quantitative estimate of drug-likeness (QED) is 0.749. The molecule has 112 valence electrons. The minimum atomic E-state index is 0.0797. The molecular weight excluding hydrogens is 276 g/mol. The van der Waals surface area contributed by atoms with E-state index in [9.17, 15) is 4.79 Å². The molecule has 5 heteroatoms. The van der Waals surface area contributed by atoms with Gasteiger partial charge >= 0.3 is 0 Å². The van der Waals surface area contributed by atoms with Gasteiger partial charge in [-0.25, -0.2) is 0 Å². The van der Waals surface area contributed by atoms with Gasteiger partial charge in [0.15, 0.2) is 0 Å². The van der Waals surface area contributed by atoms with Gasteiger partial charge in [0.25, 0.3) is 0 Å². The number of nitrogens with zero attached hydrogens (tertiary/aromatic N) is 1. The van der Waals surface area contributed by atoms with Gasteiger partial charge in [0.05, 0.1) is 13.2 Å². The molecule has 1 N–H and O–H groups in total. The first-order valence-corrected chi connectivity index (χ1v) is 7.16. The molecule has 0 aliphatic carbocycles. The molecule has 0 atom stereocenters. The van der Waals surface area contributed by atoms with E-state index >= 15 is 0 Å². The van der Waals surface area contributed by atoms with Crippen LogP contribution < -0.4 is 5.32 Å². The Morgan fingerprint density at radius 3 is 2.80 bits per heavy atom. The van der Waals surface area contributed by atoms with Crippen LogP contribution in [0.4, 0.5) is 0 Å². The van der Waals surface area contributed by atoms with Crippen LogP contribution in [0.2, 0.25) is 5.02 Å². The van der Waals surface area contributed by atoms with E-state index in [-0.39, 0.29) is 11.9 Å². The fourth-order valence-electron chi connectivity index (χ4n) is 1.86. The molecule has 0 spiro atoms. The van der Waals surface area contributed by atoms with Crippen molar-refractivity contribution >= 4 is 17.5 Å². The summed E-state index contributed by atoms with van der Waals surface area (Å²) in [5.41, 5.74) is 1.04. The molecular formula is C15H23ClN2O2. The third kappa shape index (κ3) is 5.90. The molecule has 1 aromatic carbocycles. The zero-order valence-corrected chi connectivity index (χ0v) is 13.1. The van der Waals surface area contributed by atoms with Crippen LogP contribution in [-0.2, 0) is 16.1 Å². The van der Waals surface area contributed by atoms with Gasteiger partial charge in [-0.05, 0) is 31.5 Å². The van der Waals surface area contributed by atoms with E-state index in [0.29, 0.717) is 31.3 Å². The second kappa shape index (κ2) is 8.95. The molecule has 1 aromatic rings. The molecule has 0 radical (unpaired) electrons. The van der Waals surface area contributed by atoms with E-state index in [1.807, 2.05) is 43.0 Å². The van der Waals surface area contributed by atoms with Crippen LogP contribution in [0.5, 0.6) is 0 Å². The summed E-state index contributed by atoms with van der Waals surface area (Å²) in [4.78, 5) is 14.1. The maximum absolute atomic E-state index is 12.2. The average molecular weight is 299 g/mol. The highest BCUT2D eigenvalue weighted by molar-refractivity contribution is 6.30. The number of amides is 1. The molecule has 20 heavy (non-hydrogen) atoms. The summed E-state index contributed by atoms with van der Waals surface area (Å²) in [5.74, 6) is 0.0797. The summed E-state index contributed by atoms with van der Waals surface area (Å²) < 4.78 is 4.94. The second-order valence-electron chi connectivity index (χ2n) is 4.91. The van der Waals surface area contributed by atoms with Crippen molar-refractivity contribution < 1.29 is 9.53 Å². The van der Waals surface area contributed by atoms with Crippen molar-refractivity contribution in [2.75, 3.05) is 26.8 Å². The van der Waals surface area contributed by atoms with Gasteiger partial charge in [-0.3, -0.25) is 4.79 Å². The fourth-order valence-corrected chi connectivity index (χ4v) is 2.07. The van der Waals surface area contributed by atoms with E-state index in [4.69, 9.17) is 16.3 Å². The summed E-state index contributed by atoms with van der Waals surface area (Å²) >= 11 is 5.98. The lowest BCUT2D eigenvalue weighted by atomic mass is 10.2. The molecule has 0 saturated heterocycles. The molecule has 1 rings (SSSR count). The standard InChI is InChI=1S/C15H23ClN2O2/c1-12(2)18(15(19)10-17-7-8-20-3)11-13-5-4-6-14(16)9-13/h4-6,9,12,17H,7-8,10-11H2,1-3H3. The van der Waals surface area contributed by atoms with Gasteiger partial charge in [0.2, 0.25) is 5.91 Å². The zero-order chi connectivity index (χ0) is 15.0. The monoisotopic (exact) mass is 298 g/mol. The first-order chi connectivity index (χ1) is 9.54. The van der Waals surface area contributed by atoms with Crippen molar-refractivity contribution in [1.82, 2.24) is 10.2 Å². The number of nitrogens with one attached hydrogen (secondary N) is 1. The lowest BCUT2D eigenvalue weighted by Crippen LogP contribution is -2.42. The van der Waals surface area contributed by atoms with Gasteiger partial charge in [-0.2, -0.15) is 0 Å². The van der Waals surface area contributed by atoms with E-state index in [2.05, 4.69) is 5.32 Å². The lowest BCUT2D eigenvalue weighted by Gasteiger charge is -2.27. The zero-order valence-electron chi connectivity index (χ0n) is 12.4. The third-order valence-corrected chi connectivity index (χ3v) is 3.18. The van der Waals surface area contributed by atoms with E-state index in [0.717, 1.165) is 5.56 Å². The highest BCUT2D eigenvalue weighted by Gasteiger charge is 2.16. The summed E-state index contributed by atoms with van der Waals surface area (Å²) in [5, 5.41) is 3.77. The van der Waals surface area contributed by atoms with Gasteiger partial charge in [-0.1, -0.05) is 23.7 Å². The summed E-state index contributed by atoms with van der Waals surface area (Å²) in [6.45, 7) is 6.19. The van der Waals surface area contributed by atoms with Gasteiger partial charge in [-0.15, -0.1) is 0 Å². The van der Waals surface area contributed by atoms with Crippen molar-refractivity contribution in [3.8, 4) is 0 Å². The first kappa shape index (κ1) is 17.0. The topological polar surface area (TPSA) is 41.6 Å². The largest absolute Gasteiger partial charge is 0.383 e. The molecule has 0 aliphatic rings. The Labute approximate surface area is 126 Å². The number of methoxy groups -OCH3 is 1. The van der Waals surface area contributed by atoms with Crippen molar-refractivity contribution in [2.24, 2.45) is 0 Å².